The highest BCUT2D eigenvalue weighted by Crippen LogP contribution is 2.53. The molecule has 0 aliphatic heterocycles. The van der Waals surface area contributed by atoms with Gasteiger partial charge in [0.1, 0.15) is 0 Å². The number of nitrogens with two attached hydrogens (primary N) is 5. The number of hydrogen-bond donors (Lipinski definition) is 12. The van der Waals surface area contributed by atoms with Crippen molar-refractivity contribution in [2.75, 3.05) is 16.9 Å². The molecule has 27 heavy (non-hydrogen) atoms. The van der Waals surface area contributed by atoms with Crippen molar-refractivity contribution in [1.82, 2.24) is 15.0 Å². The molecule has 0 radical (unpaired) electrons. The minimum atomic E-state index is -5.05. The number of carbonyl (C=O) groups is 2. The van der Waals surface area contributed by atoms with Gasteiger partial charge in [-0.15, -0.1) is 0 Å². The van der Waals surface area contributed by atoms with Crippen molar-refractivity contribution in [1.29, 1.82) is 0 Å². The van der Waals surface area contributed by atoms with Crippen LogP contribution in [-0.4, -0.2) is 56.9 Å². The maximum Gasteiger partial charge on any atom is 0.503 e. The molecule has 0 aromatic carbocycles. The zero-order valence-electron chi connectivity index (χ0n) is 12.8. The summed E-state index contributed by atoms with van der Waals surface area (Å²) in [4.78, 5) is 59.3. The SMILES string of the molecule is NC(N)=O.NNc1nc(N)nc(N)n1.O=C(O)O.O=P(O)(O)OP(=O)(O)O. The number of phosphoric acid groups is 2. The minimum Gasteiger partial charge on any atom is -0.450 e. The van der Waals surface area contributed by atoms with Crippen LogP contribution in [0.3, 0.4) is 0 Å². The van der Waals surface area contributed by atoms with Crippen molar-refractivity contribution in [3.8, 4) is 0 Å². The molecule has 1 aromatic heterocycles. The fourth-order valence-electron chi connectivity index (χ4n) is 0.612. The first-order chi connectivity index (χ1) is 11.9. The van der Waals surface area contributed by atoms with Crippen molar-refractivity contribution in [3.63, 3.8) is 0 Å². The molecule has 1 heterocycles. The predicted molar refractivity (Wildman–Crippen MR) is 86.1 cm³/mol. The lowest BCUT2D eigenvalue weighted by Crippen LogP contribution is -2.18. The van der Waals surface area contributed by atoms with Crippen LogP contribution in [0.25, 0.3) is 0 Å². The number of nitrogen functional groups attached to an aromatic ring is 3. The Labute approximate surface area is 148 Å². The number of rotatable bonds is 3. The van der Waals surface area contributed by atoms with Gasteiger partial charge in [0.15, 0.2) is 0 Å². The number of hydrogen-bond acceptors (Lipinski definition) is 12. The van der Waals surface area contributed by atoms with Crippen LogP contribution >= 0.6 is 15.6 Å². The summed E-state index contributed by atoms with van der Waals surface area (Å²) in [6, 6.07) is -0.833. The Morgan fingerprint density at radius 3 is 1.30 bits per heavy atom. The van der Waals surface area contributed by atoms with E-state index >= 15 is 0 Å². The molecule has 0 saturated carbocycles. The first-order valence-corrected chi connectivity index (χ1v) is 8.48. The largest absolute Gasteiger partial charge is 0.503 e. The Bertz CT molecular complexity index is 629. The molecule has 17 N–H and O–H groups in total. The van der Waals surface area contributed by atoms with Crippen LogP contribution in [0.2, 0.25) is 0 Å². The number of carbonyl (C=O) groups excluding carboxylic acids is 1. The normalized spacial score (nSPS) is 9.81. The monoisotopic (exact) mass is 441 g/mol. The van der Waals surface area contributed by atoms with Gasteiger partial charge in [-0.2, -0.15) is 19.3 Å². The lowest BCUT2D eigenvalue weighted by atomic mass is 10.8. The van der Waals surface area contributed by atoms with Crippen molar-refractivity contribution in [2.45, 2.75) is 0 Å². The Balaban J connectivity index is -0.000000310. The highest BCUT2D eigenvalue weighted by Gasteiger charge is 2.27. The molecule has 0 aliphatic rings. The molecule has 158 valence electrons. The topological polar surface area (TPSA) is 380 Å². The second-order valence-corrected chi connectivity index (χ2v) is 5.88. The number of urea groups is 1. The number of primary amides is 2. The Morgan fingerprint density at radius 2 is 1.15 bits per heavy atom. The molecule has 0 aliphatic carbocycles. The first kappa shape index (κ1) is 29.0. The number of aromatic nitrogens is 3. The molecule has 0 bridgehead atoms. The van der Waals surface area contributed by atoms with Gasteiger partial charge in [-0.05, 0) is 0 Å². The number of hydrazine groups is 1. The van der Waals surface area contributed by atoms with Crippen molar-refractivity contribution in [3.05, 3.63) is 0 Å². The third-order valence-electron chi connectivity index (χ3n) is 1.01. The molecular formula is C5H17N9O11P2. The Hall–Kier alpha value is -2.83. The van der Waals surface area contributed by atoms with Crippen molar-refractivity contribution >= 4 is 45.7 Å². The third kappa shape index (κ3) is 35.2. The summed E-state index contributed by atoms with van der Waals surface area (Å²) in [7, 11) is -10.1. The average Bonchev–Trinajstić information content (AvgIpc) is 2.32. The van der Waals surface area contributed by atoms with Crippen LogP contribution in [0.15, 0.2) is 0 Å². The molecule has 0 atom stereocenters. The molecule has 2 amide bonds. The van der Waals surface area contributed by atoms with Gasteiger partial charge in [-0.1, -0.05) is 0 Å². The number of nitrogens with one attached hydrogen (secondary N) is 1. The van der Waals surface area contributed by atoms with Gasteiger partial charge >= 0.3 is 27.8 Å². The van der Waals surface area contributed by atoms with E-state index < -0.39 is 27.8 Å². The highest BCUT2D eigenvalue weighted by molar-refractivity contribution is 7.60. The van der Waals surface area contributed by atoms with E-state index in [1.807, 2.05) is 0 Å². The summed E-state index contributed by atoms with van der Waals surface area (Å²) < 4.78 is 22.2. The summed E-state index contributed by atoms with van der Waals surface area (Å²) >= 11 is 0. The predicted octanol–water partition coefficient (Wildman–Crippen LogP) is -3.24. The van der Waals surface area contributed by atoms with Gasteiger partial charge in [0.2, 0.25) is 17.8 Å². The van der Waals surface area contributed by atoms with Gasteiger partial charge < -0.3 is 52.7 Å². The van der Waals surface area contributed by atoms with Crippen LogP contribution in [0.1, 0.15) is 0 Å². The average molecular weight is 441 g/mol. The Kier molecular flexibility index (Phi) is 14.4. The molecule has 22 heteroatoms. The summed E-state index contributed by atoms with van der Waals surface area (Å²) in [5.41, 5.74) is 21.1. The van der Waals surface area contributed by atoms with Crippen LogP contribution in [0.5, 0.6) is 0 Å². The lowest BCUT2D eigenvalue weighted by molar-refractivity contribution is 0.136. The second kappa shape index (κ2) is 13.4. The molecule has 20 nitrogen and oxygen atoms in total. The van der Waals surface area contributed by atoms with Crippen molar-refractivity contribution < 1.29 is 52.8 Å². The standard InChI is InChI=1S/C3H7N7.CH4N2O.CH2O3.H4O7P2/c4-1-7-2(5)9-3(8-1)10-6;2*2-1(3)4;1-8(2,3)7-9(4,5)6/h6H2,(H5,4,5,7,8,9,10);(H4,2,3,4);(H2,2,3,4);(H2,1,2,3)(H2,4,5,6). The Morgan fingerprint density at radius 1 is 0.889 bits per heavy atom. The number of nitrogens with zero attached hydrogens (tertiary/aromatic N) is 3. The van der Waals surface area contributed by atoms with Gasteiger partial charge in [0.05, 0.1) is 0 Å². The van der Waals surface area contributed by atoms with E-state index in [2.05, 4.69) is 36.2 Å². The minimum absolute atomic E-state index is 0.0421. The maximum atomic E-state index is 9.63. The van der Waals surface area contributed by atoms with Crippen LogP contribution < -0.4 is 34.2 Å². The molecule has 0 fully saturated rings. The zero-order valence-corrected chi connectivity index (χ0v) is 14.6. The molecular weight excluding hydrogens is 424 g/mol. The fraction of sp³-hybridized carbons (Fsp3) is 0. The molecule has 1 rings (SSSR count). The summed E-state index contributed by atoms with van der Waals surface area (Å²) in [6.07, 6.45) is -1.83. The van der Waals surface area contributed by atoms with E-state index in [4.69, 9.17) is 56.7 Å². The maximum absolute atomic E-state index is 9.63. The van der Waals surface area contributed by atoms with Crippen LogP contribution in [-0.2, 0) is 13.4 Å². The lowest BCUT2D eigenvalue weighted by Gasteiger charge is -2.03. The summed E-state index contributed by atoms with van der Waals surface area (Å²) in [5, 5.41) is 13.9. The van der Waals surface area contributed by atoms with E-state index in [9.17, 15) is 9.13 Å². The summed E-state index contributed by atoms with van der Waals surface area (Å²) in [5.74, 6) is 5.22. The van der Waals surface area contributed by atoms with Crippen molar-refractivity contribution in [2.24, 2.45) is 17.3 Å². The molecule has 0 saturated heterocycles. The molecule has 1 aromatic rings. The number of amides is 2. The van der Waals surface area contributed by atoms with Crippen LogP contribution in [0, 0.1) is 0 Å². The van der Waals surface area contributed by atoms with Gasteiger partial charge in [0, 0.05) is 0 Å². The van der Waals surface area contributed by atoms with E-state index in [0.717, 1.165) is 0 Å². The smallest absolute Gasteiger partial charge is 0.450 e. The quantitative estimate of drug-likeness (QED) is 0.124. The number of anilines is 3. The van der Waals surface area contributed by atoms with Gasteiger partial charge in [0.25, 0.3) is 0 Å². The molecule has 0 unspecified atom stereocenters. The first-order valence-electron chi connectivity index (χ1n) is 5.42. The van der Waals surface area contributed by atoms with Gasteiger partial charge in [-0.25, -0.2) is 24.6 Å². The van der Waals surface area contributed by atoms with E-state index in [-0.39, 0.29) is 17.8 Å². The van der Waals surface area contributed by atoms with E-state index in [1.165, 1.54) is 0 Å². The van der Waals surface area contributed by atoms with E-state index in [0.29, 0.717) is 0 Å². The number of carboxylic acid groups (broad SMARTS) is 2. The summed E-state index contributed by atoms with van der Waals surface area (Å²) in [6.45, 7) is 0. The third-order valence-corrected chi connectivity index (χ3v) is 2.71. The van der Waals surface area contributed by atoms with Crippen LogP contribution in [0.4, 0.5) is 27.4 Å². The zero-order chi connectivity index (χ0) is 22.4. The van der Waals surface area contributed by atoms with Gasteiger partial charge in [-0.3, -0.25) is 5.43 Å². The fourth-order valence-corrected chi connectivity index (χ4v) is 1.72. The highest BCUT2D eigenvalue weighted by atomic mass is 31.3. The second-order valence-electron chi connectivity index (χ2n) is 3.27. The van der Waals surface area contributed by atoms with E-state index in [1.54, 1.807) is 0 Å². The molecule has 0 spiro atoms.